The molecule has 0 atom stereocenters. The Kier molecular flexibility index (Phi) is 3.62. The van der Waals surface area contributed by atoms with Gasteiger partial charge in [0.1, 0.15) is 10.7 Å². The lowest BCUT2D eigenvalue weighted by Crippen LogP contribution is -2.19. The fraction of sp³-hybridized carbons (Fsp3) is 0.0714. The largest absolute Gasteiger partial charge is 0.868 e. The Morgan fingerprint density at radius 2 is 2.17 bits per heavy atom. The van der Waals surface area contributed by atoms with Crippen molar-refractivity contribution >= 4 is 33.5 Å². The van der Waals surface area contributed by atoms with Gasteiger partial charge in [0.15, 0.2) is 0 Å². The number of benzene rings is 1. The monoisotopic (exact) mass is 329 g/mol. The Hall–Kier alpha value is -3.07. The number of hydrogen-bond acceptors (Lipinski definition) is 7. The van der Waals surface area contributed by atoms with E-state index in [9.17, 15) is 20.0 Å². The highest BCUT2D eigenvalue weighted by molar-refractivity contribution is 7.16. The molecule has 0 aliphatic carbocycles. The highest BCUT2D eigenvalue weighted by atomic mass is 32.1. The fourth-order valence-electron chi connectivity index (χ4n) is 2.02. The molecule has 0 spiro atoms. The minimum absolute atomic E-state index is 0.319. The molecule has 9 heteroatoms. The molecule has 23 heavy (non-hydrogen) atoms. The lowest BCUT2D eigenvalue weighted by Gasteiger charge is -2.06. The first kappa shape index (κ1) is 14.9. The molecular weight excluding hydrogens is 320 g/mol. The lowest BCUT2D eigenvalue weighted by atomic mass is 10.2. The van der Waals surface area contributed by atoms with Crippen LogP contribution in [0.15, 0.2) is 39.5 Å². The van der Waals surface area contributed by atoms with Crippen LogP contribution in [0.25, 0.3) is 10.2 Å². The molecule has 0 N–H and O–H groups in total. The summed E-state index contributed by atoms with van der Waals surface area (Å²) in [4.78, 5) is 27.2. The van der Waals surface area contributed by atoms with Crippen LogP contribution in [-0.4, -0.2) is 20.8 Å². The molecule has 0 amide bonds. The second-order valence-corrected chi connectivity index (χ2v) is 5.54. The Morgan fingerprint density at radius 1 is 1.39 bits per heavy atom. The Balaban J connectivity index is 2.05. The summed E-state index contributed by atoms with van der Waals surface area (Å²) < 4.78 is 1.12. The molecule has 2 heterocycles. The van der Waals surface area contributed by atoms with Gasteiger partial charge in [-0.25, -0.2) is 4.98 Å². The molecule has 0 fully saturated rings. The van der Waals surface area contributed by atoms with Gasteiger partial charge in [-0.3, -0.25) is 14.9 Å². The van der Waals surface area contributed by atoms with Gasteiger partial charge >= 0.3 is 0 Å². The predicted molar refractivity (Wildman–Crippen MR) is 84.2 cm³/mol. The van der Waals surface area contributed by atoms with Gasteiger partial charge in [-0.1, -0.05) is 12.1 Å². The second-order valence-electron chi connectivity index (χ2n) is 4.64. The van der Waals surface area contributed by atoms with E-state index in [-0.39, 0.29) is 5.56 Å². The van der Waals surface area contributed by atoms with Crippen LogP contribution in [0.3, 0.4) is 0 Å². The summed E-state index contributed by atoms with van der Waals surface area (Å²) >= 11 is 1.36. The summed E-state index contributed by atoms with van der Waals surface area (Å²) in [7, 11) is 0. The highest BCUT2D eigenvalue weighted by Crippen LogP contribution is 2.23. The number of thiophene rings is 1. The van der Waals surface area contributed by atoms with Crippen molar-refractivity contribution in [3.8, 4) is 5.75 Å². The smallest absolute Gasteiger partial charge is 0.282 e. The third-order valence-corrected chi connectivity index (χ3v) is 3.95. The van der Waals surface area contributed by atoms with Gasteiger partial charge in [-0.2, -0.15) is 9.78 Å². The van der Waals surface area contributed by atoms with Crippen molar-refractivity contribution in [1.82, 2.24) is 9.66 Å². The van der Waals surface area contributed by atoms with Gasteiger partial charge < -0.3 is 5.11 Å². The van der Waals surface area contributed by atoms with Crippen molar-refractivity contribution in [2.45, 2.75) is 6.92 Å². The van der Waals surface area contributed by atoms with Crippen LogP contribution in [0.5, 0.6) is 5.75 Å². The van der Waals surface area contributed by atoms with E-state index < -0.39 is 16.4 Å². The standard InChI is InChI=1S/C14H10N4O4S/c1-8-16-13-10(4-5-23-13)14(20)17(8)15-7-9-2-3-12(19)11(6-9)18(21)22/h2-7,19H,1H3/p-1/b15-7-. The fourth-order valence-corrected chi connectivity index (χ4v) is 2.82. The molecule has 116 valence electrons. The first-order chi connectivity index (χ1) is 11.0. The quantitative estimate of drug-likeness (QED) is 0.411. The second kappa shape index (κ2) is 5.61. The molecule has 0 aliphatic rings. The predicted octanol–water partition coefficient (Wildman–Crippen LogP) is 1.63. The van der Waals surface area contributed by atoms with Crippen molar-refractivity contribution in [1.29, 1.82) is 0 Å². The van der Waals surface area contributed by atoms with E-state index in [1.807, 2.05) is 0 Å². The number of nitrogens with zero attached hydrogens (tertiary/aromatic N) is 4. The average Bonchev–Trinajstić information content (AvgIpc) is 2.96. The third-order valence-electron chi connectivity index (χ3n) is 3.14. The van der Waals surface area contributed by atoms with Crippen LogP contribution in [-0.2, 0) is 0 Å². The van der Waals surface area contributed by atoms with Crippen molar-refractivity contribution in [2.75, 3.05) is 0 Å². The van der Waals surface area contributed by atoms with Gasteiger partial charge in [-0.05, 0) is 24.1 Å². The normalized spacial score (nSPS) is 11.3. The van der Waals surface area contributed by atoms with E-state index in [1.54, 1.807) is 18.4 Å². The number of aromatic nitrogens is 2. The van der Waals surface area contributed by atoms with Crippen molar-refractivity contribution in [3.63, 3.8) is 0 Å². The number of nitro groups is 1. The summed E-state index contributed by atoms with van der Waals surface area (Å²) in [5.74, 6) is -0.280. The average molecular weight is 329 g/mol. The Labute approximate surface area is 133 Å². The summed E-state index contributed by atoms with van der Waals surface area (Å²) in [6.07, 6.45) is 1.28. The molecule has 0 aliphatic heterocycles. The minimum Gasteiger partial charge on any atom is -0.868 e. The first-order valence-corrected chi connectivity index (χ1v) is 7.32. The summed E-state index contributed by atoms with van der Waals surface area (Å²) in [5, 5.41) is 28.4. The van der Waals surface area contributed by atoms with Gasteiger partial charge in [0, 0.05) is 11.6 Å². The van der Waals surface area contributed by atoms with Crippen LogP contribution in [0, 0.1) is 17.0 Å². The zero-order valence-corrected chi connectivity index (χ0v) is 12.6. The van der Waals surface area contributed by atoms with Gasteiger partial charge in [-0.15, -0.1) is 11.3 Å². The van der Waals surface area contributed by atoms with Gasteiger partial charge in [0.25, 0.3) is 11.2 Å². The van der Waals surface area contributed by atoms with Crippen molar-refractivity contribution in [2.24, 2.45) is 5.10 Å². The lowest BCUT2D eigenvalue weighted by molar-refractivity contribution is -0.398. The van der Waals surface area contributed by atoms with E-state index in [2.05, 4.69) is 10.1 Å². The third kappa shape index (κ3) is 2.69. The van der Waals surface area contributed by atoms with E-state index in [0.29, 0.717) is 21.6 Å². The molecule has 2 aromatic heterocycles. The Bertz CT molecular complexity index is 1010. The molecule has 3 aromatic rings. The molecule has 3 rings (SSSR count). The minimum atomic E-state index is -0.754. The van der Waals surface area contributed by atoms with Crippen LogP contribution >= 0.6 is 11.3 Å². The number of nitro benzene ring substituents is 1. The van der Waals surface area contributed by atoms with E-state index >= 15 is 0 Å². The summed E-state index contributed by atoms with van der Waals surface area (Å²) in [6.45, 7) is 1.64. The van der Waals surface area contributed by atoms with Gasteiger partial charge in [0.2, 0.25) is 0 Å². The SMILES string of the molecule is Cc1nc2sccc2c(=O)n1/N=C\c1ccc([O-])c([N+](=O)[O-])c1. The number of rotatable bonds is 3. The molecule has 1 aromatic carbocycles. The van der Waals surface area contributed by atoms with Crippen LogP contribution in [0.4, 0.5) is 5.69 Å². The van der Waals surface area contributed by atoms with Crippen LogP contribution in [0.1, 0.15) is 11.4 Å². The molecular formula is C14H9N4O4S-. The van der Waals surface area contributed by atoms with Crippen molar-refractivity contribution in [3.05, 3.63) is 61.5 Å². The molecule has 0 saturated carbocycles. The molecule has 0 saturated heterocycles. The maximum Gasteiger partial charge on any atom is 0.282 e. The van der Waals surface area contributed by atoms with Gasteiger partial charge in [0.05, 0.1) is 16.5 Å². The zero-order chi connectivity index (χ0) is 16.6. The summed E-state index contributed by atoms with van der Waals surface area (Å²) in [5.41, 5.74) is -0.516. The summed E-state index contributed by atoms with van der Waals surface area (Å²) in [6, 6.07) is 5.27. The van der Waals surface area contributed by atoms with E-state index in [1.165, 1.54) is 23.6 Å². The van der Waals surface area contributed by atoms with Crippen molar-refractivity contribution < 1.29 is 10.0 Å². The van der Waals surface area contributed by atoms with E-state index in [0.717, 1.165) is 16.8 Å². The molecule has 0 bridgehead atoms. The highest BCUT2D eigenvalue weighted by Gasteiger charge is 2.09. The molecule has 0 unspecified atom stereocenters. The van der Waals surface area contributed by atoms with E-state index in [4.69, 9.17) is 0 Å². The number of hydrogen-bond donors (Lipinski definition) is 0. The molecule has 0 radical (unpaired) electrons. The number of aryl methyl sites for hydroxylation is 1. The molecule has 8 nitrogen and oxygen atoms in total. The zero-order valence-electron chi connectivity index (χ0n) is 11.8. The van der Waals surface area contributed by atoms with Crippen LogP contribution in [0.2, 0.25) is 0 Å². The Morgan fingerprint density at radius 3 is 2.91 bits per heavy atom. The van der Waals surface area contributed by atoms with Crippen LogP contribution < -0.4 is 10.7 Å². The topological polar surface area (TPSA) is 113 Å². The first-order valence-electron chi connectivity index (χ1n) is 6.44. The maximum absolute atomic E-state index is 12.3. The maximum atomic E-state index is 12.3. The number of fused-ring (bicyclic) bond motifs is 1.